The second-order valence-electron chi connectivity index (χ2n) is 15.9. The van der Waals surface area contributed by atoms with Crippen LogP contribution in [0.3, 0.4) is 0 Å². The third-order valence-corrected chi connectivity index (χ3v) is 14.1. The minimum absolute atomic E-state index is 0. The molecule has 35 heteroatoms. The zero-order valence-electron chi connectivity index (χ0n) is 43.5. The number of rotatable bonds is 20. The maximum absolute atomic E-state index is 13.5. The minimum atomic E-state index is -5.12. The Kier molecular flexibility index (Phi) is 27.8. The number of hydrogen-bond donors (Lipinski definition) is 14. The Morgan fingerprint density at radius 1 is 0.500 bits per heavy atom. The molecule has 424 valence electrons. The minimum Gasteiger partial charge on any atom is -0.495 e. The number of aliphatic hydroxyl groups excluding tert-OH is 4. The number of aryl methyl sites for hydroxylation is 2. The predicted molar refractivity (Wildman–Crippen MR) is 285 cm³/mol. The molecule has 0 unspecified atom stereocenters. The van der Waals surface area contributed by atoms with Gasteiger partial charge in [0, 0.05) is 60.8 Å². The number of hydrogen-bond acceptors (Lipinski definition) is 23. The van der Waals surface area contributed by atoms with Gasteiger partial charge in [-0.1, -0.05) is 0 Å². The molecule has 4 aromatic rings. The van der Waals surface area contributed by atoms with E-state index in [1.807, 2.05) is 0 Å². The quantitative estimate of drug-likeness (QED) is 0.0171. The number of fused-ring (bicyclic) bond motifs is 2. The number of urea groups is 1. The van der Waals surface area contributed by atoms with E-state index < -0.39 is 89.1 Å². The zero-order valence-corrected chi connectivity index (χ0v) is 50.8. The standard InChI is InChI=1S/C37H32N6O17S4.2C4H11NO2.2Na/c1-17-9-23(15-27(59-3)35(17)63(53,54)55)40-42-31-29(61(47,48)49)13-19-11-21(5-7-25(19)33(31)44)38-37(46)39-22-6-8-26-20(12-22)14-30(62(50,51)52)32(34(26)45)43-41-24-10-18(2)36(64(56,57)58)28(16-24)60-4;2*6-3-1-5-2-4-7;;/h5-16,40-41H,1-4H3,(H2,38,39,46)(H,47,48,49)(H,50,51,52)(H,53,54,55)(H,56,57,58);2*5-7H,1-4H2;;/q;;;2*+1/b42-31+,43-32+;;;;. The Bertz CT molecular complexity index is 3310. The topological polar surface area (TPSA) is 465 Å². The number of ketones is 2. The third kappa shape index (κ3) is 19.5. The molecule has 80 heavy (non-hydrogen) atoms. The molecule has 0 aliphatic heterocycles. The molecular formula is C45H54N8Na2O21S4+2. The van der Waals surface area contributed by atoms with Gasteiger partial charge in [-0.2, -0.15) is 43.9 Å². The van der Waals surface area contributed by atoms with Gasteiger partial charge in [-0.15, -0.1) is 0 Å². The average Bonchev–Trinajstić information content (AvgIpc) is 3.34. The first-order valence-corrected chi connectivity index (χ1v) is 28.0. The summed E-state index contributed by atoms with van der Waals surface area (Å²) in [6.45, 7) is 5.48. The fourth-order valence-corrected chi connectivity index (χ4v) is 10.2. The molecule has 0 saturated heterocycles. The van der Waals surface area contributed by atoms with Crippen LogP contribution in [0.1, 0.15) is 43.0 Å². The molecule has 4 aromatic carbocycles. The Morgan fingerprint density at radius 2 is 0.825 bits per heavy atom. The molecule has 0 heterocycles. The van der Waals surface area contributed by atoms with Gasteiger partial charge >= 0.3 is 65.1 Å². The summed E-state index contributed by atoms with van der Waals surface area (Å²) in [5, 5.41) is 50.8. The van der Waals surface area contributed by atoms with Crippen molar-refractivity contribution in [1.29, 1.82) is 0 Å². The molecule has 29 nitrogen and oxygen atoms in total. The Balaban J connectivity index is 0.00000121. The van der Waals surface area contributed by atoms with Crippen molar-refractivity contribution in [3.63, 3.8) is 0 Å². The van der Waals surface area contributed by atoms with Gasteiger partial charge in [0.15, 0.2) is 11.4 Å². The molecule has 2 aliphatic rings. The molecular weight excluding hydrogens is 1160 g/mol. The van der Waals surface area contributed by atoms with Crippen LogP contribution in [0.25, 0.3) is 12.2 Å². The maximum atomic E-state index is 13.5. The molecule has 0 atom stereocenters. The van der Waals surface area contributed by atoms with Gasteiger partial charge in [-0.05, 0) is 96.8 Å². The number of carbonyl (C=O) groups is 3. The number of Topliss-reactive ketones (excluding diaryl/α,β-unsaturated/α-hetero) is 2. The van der Waals surface area contributed by atoms with Crippen molar-refractivity contribution in [2.45, 2.75) is 23.6 Å². The number of allylic oxidation sites excluding steroid dienone is 2. The molecule has 0 aromatic heterocycles. The van der Waals surface area contributed by atoms with E-state index in [1.165, 1.54) is 62.4 Å². The van der Waals surface area contributed by atoms with Crippen LogP contribution >= 0.6 is 0 Å². The molecule has 0 saturated carbocycles. The summed E-state index contributed by atoms with van der Waals surface area (Å²) in [5.74, 6) is -2.57. The van der Waals surface area contributed by atoms with Crippen LogP contribution in [0.2, 0.25) is 0 Å². The van der Waals surface area contributed by atoms with Gasteiger partial charge < -0.3 is 51.2 Å². The van der Waals surface area contributed by atoms with E-state index in [9.17, 15) is 66.3 Å². The van der Waals surface area contributed by atoms with Crippen LogP contribution < -0.4 is 101 Å². The van der Waals surface area contributed by atoms with E-state index in [0.29, 0.717) is 26.2 Å². The number of nitrogens with one attached hydrogen (secondary N) is 6. The van der Waals surface area contributed by atoms with Crippen molar-refractivity contribution in [2.75, 3.05) is 88.3 Å². The number of ether oxygens (including phenoxy) is 2. The molecule has 0 fully saturated rings. The van der Waals surface area contributed by atoms with Crippen molar-refractivity contribution in [3.8, 4) is 11.5 Å². The molecule has 0 bridgehead atoms. The summed E-state index contributed by atoms with van der Waals surface area (Å²) < 4.78 is 146. The van der Waals surface area contributed by atoms with Gasteiger partial charge in [0.05, 0.1) is 52.0 Å². The van der Waals surface area contributed by atoms with Crippen molar-refractivity contribution in [3.05, 3.63) is 104 Å². The van der Waals surface area contributed by atoms with Crippen molar-refractivity contribution in [1.82, 2.24) is 10.6 Å². The summed E-state index contributed by atoms with van der Waals surface area (Å²) in [5.41, 5.74) is 2.96. The number of anilines is 4. The third-order valence-electron chi connectivity index (χ3n) is 10.3. The zero-order chi connectivity index (χ0) is 58.3. The smallest absolute Gasteiger partial charge is 0.495 e. The van der Waals surface area contributed by atoms with Gasteiger partial charge in [-0.25, -0.2) is 4.79 Å². The van der Waals surface area contributed by atoms with Crippen LogP contribution in [0.5, 0.6) is 11.5 Å². The van der Waals surface area contributed by atoms with Crippen molar-refractivity contribution in [2.24, 2.45) is 10.2 Å². The first-order valence-electron chi connectivity index (χ1n) is 22.2. The number of carbonyl (C=O) groups excluding carboxylic acids is 3. The summed E-state index contributed by atoms with van der Waals surface area (Å²) in [6.07, 6.45) is 1.82. The van der Waals surface area contributed by atoms with E-state index in [-0.39, 0.29) is 153 Å². The molecule has 2 aliphatic carbocycles. The number of benzene rings is 4. The van der Waals surface area contributed by atoms with Crippen LogP contribution in [0.4, 0.5) is 27.5 Å². The molecule has 2 amide bonds. The first kappa shape index (κ1) is 71.0. The molecule has 0 spiro atoms. The Hall–Kier alpha value is -5.09. The number of amides is 2. The largest absolute Gasteiger partial charge is 1.00 e. The fourth-order valence-electron chi connectivity index (χ4n) is 7.11. The second kappa shape index (κ2) is 31.4. The van der Waals surface area contributed by atoms with E-state index in [2.05, 4.69) is 42.3 Å². The van der Waals surface area contributed by atoms with E-state index in [4.69, 9.17) is 29.9 Å². The summed E-state index contributed by atoms with van der Waals surface area (Å²) in [6, 6.07) is 11.1. The molecule has 14 N–H and O–H groups in total. The number of nitrogens with zero attached hydrogens (tertiary/aromatic N) is 2. The van der Waals surface area contributed by atoms with Crippen LogP contribution in [0.15, 0.2) is 90.5 Å². The molecule has 6 rings (SSSR count). The van der Waals surface area contributed by atoms with Crippen LogP contribution in [-0.2, 0) is 40.5 Å². The summed E-state index contributed by atoms with van der Waals surface area (Å²) in [4.78, 5) is 37.2. The van der Waals surface area contributed by atoms with Crippen molar-refractivity contribution < 1.29 is 155 Å². The van der Waals surface area contributed by atoms with Crippen LogP contribution in [0, 0.1) is 13.8 Å². The number of hydrazone groups is 2. The number of methoxy groups -OCH3 is 2. The normalized spacial score (nSPS) is 14.0. The fraction of sp³-hybridized carbons (Fsp3) is 0.267. The van der Waals surface area contributed by atoms with Gasteiger partial charge in [0.2, 0.25) is 11.6 Å². The van der Waals surface area contributed by atoms with E-state index >= 15 is 0 Å². The van der Waals surface area contributed by atoms with Crippen LogP contribution in [-0.4, -0.2) is 168 Å². The predicted octanol–water partition coefficient (Wildman–Crippen LogP) is -4.63. The van der Waals surface area contributed by atoms with Crippen molar-refractivity contribution >= 4 is 104 Å². The monoisotopic (exact) mass is 1220 g/mol. The van der Waals surface area contributed by atoms with Gasteiger partial charge in [0.1, 0.15) is 31.1 Å². The van der Waals surface area contributed by atoms with Gasteiger partial charge in [0.25, 0.3) is 40.5 Å². The molecule has 0 radical (unpaired) electrons. The van der Waals surface area contributed by atoms with E-state index in [1.54, 1.807) is 0 Å². The Labute approximate surface area is 503 Å². The second-order valence-corrected chi connectivity index (χ2v) is 21.4. The average molecular weight is 1220 g/mol. The van der Waals surface area contributed by atoms with Gasteiger partial charge in [-0.3, -0.25) is 38.7 Å². The summed E-state index contributed by atoms with van der Waals surface area (Å²) >= 11 is 0. The number of aliphatic hydroxyl groups is 4. The first-order chi connectivity index (χ1) is 36.5. The summed E-state index contributed by atoms with van der Waals surface area (Å²) in [7, 11) is -17.4. The SMILES string of the molecule is COc1cc(N/N=C2/C(=O)c3ccc(NC(=O)Nc4ccc5c(c4)C=C(S(=O)(=O)O)/C(=N\Nc4cc(C)c(S(=O)(=O)O)c(OC)c4)C5=O)cc3C=C2S(=O)(=O)O)cc(C)c1S(=O)(=O)O.OCCNCCO.OCCNCCO.[Na+].[Na+]. The Morgan fingerprint density at radius 3 is 1.10 bits per heavy atom. The van der Waals surface area contributed by atoms with E-state index in [0.717, 1.165) is 38.5 Å². The maximum Gasteiger partial charge on any atom is 1.00 e.